The fourth-order valence-corrected chi connectivity index (χ4v) is 5.18. The average molecular weight is 449 g/mol. The van der Waals surface area contributed by atoms with E-state index in [2.05, 4.69) is 15.9 Å². The van der Waals surface area contributed by atoms with Crippen LogP contribution in [0.2, 0.25) is 0 Å². The highest BCUT2D eigenvalue weighted by Gasteiger charge is 2.40. The summed E-state index contributed by atoms with van der Waals surface area (Å²) < 4.78 is 17.0. The number of benzene rings is 1. The molecule has 0 N–H and O–H groups in total. The second kappa shape index (κ2) is 7.48. The largest absolute Gasteiger partial charge is 0.465 e. The van der Waals surface area contributed by atoms with Gasteiger partial charge in [0.25, 0.3) is 0 Å². The number of esters is 1. The van der Waals surface area contributed by atoms with Gasteiger partial charge in [0.15, 0.2) is 17.3 Å². The van der Waals surface area contributed by atoms with Crippen LogP contribution in [-0.2, 0) is 14.3 Å². The number of carbonyl (C=O) groups excluding carboxylic acids is 2. The van der Waals surface area contributed by atoms with Crippen molar-refractivity contribution >= 4 is 44.6 Å². The quantitative estimate of drug-likeness (QED) is 0.506. The summed E-state index contributed by atoms with van der Waals surface area (Å²) in [4.78, 5) is 26.5. The Morgan fingerprint density at radius 3 is 2.85 bits per heavy atom. The van der Waals surface area contributed by atoms with Crippen molar-refractivity contribution in [2.24, 2.45) is 5.92 Å². The Bertz CT molecular complexity index is 932. The van der Waals surface area contributed by atoms with E-state index < -0.39 is 11.9 Å². The van der Waals surface area contributed by atoms with E-state index in [9.17, 15) is 9.59 Å². The van der Waals surface area contributed by atoms with Gasteiger partial charge in [-0.2, -0.15) is 0 Å². The van der Waals surface area contributed by atoms with Crippen LogP contribution >= 0.6 is 27.3 Å². The second-order valence-electron chi connectivity index (χ2n) is 6.32. The minimum absolute atomic E-state index is 0.178. The molecule has 0 bridgehead atoms. The zero-order chi connectivity index (χ0) is 19.0. The number of ether oxygens (including phenoxy) is 3. The van der Waals surface area contributed by atoms with Gasteiger partial charge in [0.2, 0.25) is 6.79 Å². The molecule has 0 unspecified atom stereocenters. The molecule has 1 aromatic carbocycles. The maximum atomic E-state index is 12.9. The molecule has 2 aliphatic rings. The summed E-state index contributed by atoms with van der Waals surface area (Å²) in [5.41, 5.74) is 1.79. The summed E-state index contributed by atoms with van der Waals surface area (Å²) in [6.45, 7) is 2.16. The first-order valence-corrected chi connectivity index (χ1v) is 10.3. The number of halogens is 1. The minimum atomic E-state index is -0.854. The van der Waals surface area contributed by atoms with Gasteiger partial charge in [-0.25, -0.2) is 0 Å². The van der Waals surface area contributed by atoms with Crippen LogP contribution in [0.3, 0.4) is 0 Å². The standard InChI is InChI=1S/C20H17BrO5S/c1-2-24-20(23)18-13(11-3-4-16-17(9-11)26-10-25-16)7-12(8-15(18)22)19-14(21)5-6-27-19/h3-6,8-9,13,18H,2,7,10H2,1H3/t13-,18-/m0/s1. The molecule has 0 saturated carbocycles. The maximum Gasteiger partial charge on any atom is 0.317 e. The van der Waals surface area contributed by atoms with Crippen molar-refractivity contribution in [3.05, 3.63) is 50.6 Å². The van der Waals surface area contributed by atoms with Crippen LogP contribution in [0.4, 0.5) is 0 Å². The Balaban J connectivity index is 1.75. The summed E-state index contributed by atoms with van der Waals surface area (Å²) in [5, 5.41) is 1.97. The molecular formula is C20H17BrO5S. The Morgan fingerprint density at radius 1 is 1.30 bits per heavy atom. The maximum absolute atomic E-state index is 12.9. The topological polar surface area (TPSA) is 61.8 Å². The van der Waals surface area contributed by atoms with Crippen LogP contribution < -0.4 is 9.47 Å². The van der Waals surface area contributed by atoms with E-state index in [-0.39, 0.29) is 25.1 Å². The third-order valence-electron chi connectivity index (χ3n) is 4.74. The van der Waals surface area contributed by atoms with E-state index in [1.54, 1.807) is 24.3 Å². The SMILES string of the molecule is CCOC(=O)[C@@H]1C(=O)C=C(c2sccc2Br)C[C@H]1c1ccc2c(c1)OCO2. The minimum Gasteiger partial charge on any atom is -0.465 e. The summed E-state index contributed by atoms with van der Waals surface area (Å²) in [6.07, 6.45) is 2.15. The summed E-state index contributed by atoms with van der Waals surface area (Å²) in [6, 6.07) is 7.53. The van der Waals surface area contributed by atoms with Gasteiger partial charge < -0.3 is 14.2 Å². The number of carbonyl (C=O) groups is 2. The van der Waals surface area contributed by atoms with Gasteiger partial charge >= 0.3 is 5.97 Å². The third-order valence-corrected chi connectivity index (χ3v) is 6.65. The molecule has 1 aliphatic carbocycles. The molecule has 2 aromatic rings. The van der Waals surface area contributed by atoms with E-state index >= 15 is 0 Å². The molecular weight excluding hydrogens is 432 g/mol. The molecule has 2 heterocycles. The fourth-order valence-electron chi connectivity index (χ4n) is 3.52. The monoisotopic (exact) mass is 448 g/mol. The zero-order valence-electron chi connectivity index (χ0n) is 14.6. The average Bonchev–Trinajstić information content (AvgIpc) is 3.29. The molecule has 0 spiro atoms. The molecule has 1 aliphatic heterocycles. The lowest BCUT2D eigenvalue weighted by Crippen LogP contribution is -2.33. The molecule has 2 atom stereocenters. The van der Waals surface area contributed by atoms with Crippen LogP contribution in [0, 0.1) is 5.92 Å². The van der Waals surface area contributed by atoms with Crippen molar-refractivity contribution in [2.45, 2.75) is 19.3 Å². The van der Waals surface area contributed by atoms with Crippen molar-refractivity contribution in [3.63, 3.8) is 0 Å². The van der Waals surface area contributed by atoms with Crippen LogP contribution in [0.25, 0.3) is 5.57 Å². The van der Waals surface area contributed by atoms with Crippen molar-refractivity contribution in [2.75, 3.05) is 13.4 Å². The van der Waals surface area contributed by atoms with Gasteiger partial charge in [-0.05, 0) is 70.1 Å². The van der Waals surface area contributed by atoms with Gasteiger partial charge in [0.1, 0.15) is 5.92 Å². The molecule has 1 aromatic heterocycles. The van der Waals surface area contributed by atoms with Crippen molar-refractivity contribution in [3.8, 4) is 11.5 Å². The molecule has 4 rings (SSSR count). The number of hydrogen-bond donors (Lipinski definition) is 0. The molecule has 0 fully saturated rings. The van der Waals surface area contributed by atoms with E-state index in [0.29, 0.717) is 17.9 Å². The van der Waals surface area contributed by atoms with Crippen molar-refractivity contribution in [1.82, 2.24) is 0 Å². The van der Waals surface area contributed by atoms with Crippen LogP contribution in [-0.4, -0.2) is 25.2 Å². The number of rotatable bonds is 4. The lowest BCUT2D eigenvalue weighted by atomic mass is 9.74. The summed E-state index contributed by atoms with van der Waals surface area (Å²) in [7, 11) is 0. The first-order valence-electron chi connectivity index (χ1n) is 8.62. The third kappa shape index (κ3) is 3.41. The lowest BCUT2D eigenvalue weighted by molar-refractivity contribution is -0.151. The van der Waals surface area contributed by atoms with Crippen LogP contribution in [0.15, 0.2) is 40.2 Å². The molecule has 0 amide bonds. The molecule has 5 nitrogen and oxygen atoms in total. The lowest BCUT2D eigenvalue weighted by Gasteiger charge is -2.29. The molecule has 27 heavy (non-hydrogen) atoms. The van der Waals surface area contributed by atoms with Gasteiger partial charge in [-0.15, -0.1) is 11.3 Å². The van der Waals surface area contributed by atoms with E-state index in [1.165, 1.54) is 0 Å². The molecule has 0 radical (unpaired) electrons. The molecule has 7 heteroatoms. The number of allylic oxidation sites excluding steroid dienone is 2. The van der Waals surface area contributed by atoms with Gasteiger partial charge in [-0.3, -0.25) is 9.59 Å². The highest BCUT2D eigenvalue weighted by molar-refractivity contribution is 9.10. The number of thiophene rings is 1. The van der Waals surface area contributed by atoms with Gasteiger partial charge in [0, 0.05) is 15.3 Å². The predicted molar refractivity (Wildman–Crippen MR) is 105 cm³/mol. The van der Waals surface area contributed by atoms with E-state index in [1.807, 2.05) is 29.6 Å². The van der Waals surface area contributed by atoms with Crippen molar-refractivity contribution in [1.29, 1.82) is 0 Å². The molecule has 140 valence electrons. The Morgan fingerprint density at radius 2 is 2.11 bits per heavy atom. The Hall–Kier alpha value is -2.12. The Labute approximate surface area is 169 Å². The highest BCUT2D eigenvalue weighted by Crippen LogP contribution is 2.45. The fraction of sp³-hybridized carbons (Fsp3) is 0.300. The van der Waals surface area contributed by atoms with E-state index in [4.69, 9.17) is 14.2 Å². The predicted octanol–water partition coefficient (Wildman–Crippen LogP) is 4.56. The second-order valence-corrected chi connectivity index (χ2v) is 8.09. The zero-order valence-corrected chi connectivity index (χ0v) is 17.0. The smallest absolute Gasteiger partial charge is 0.317 e. The highest BCUT2D eigenvalue weighted by atomic mass is 79.9. The Kier molecular flexibility index (Phi) is 5.06. The van der Waals surface area contributed by atoms with Crippen LogP contribution in [0.1, 0.15) is 29.7 Å². The first-order chi connectivity index (χ1) is 13.1. The van der Waals surface area contributed by atoms with Crippen molar-refractivity contribution < 1.29 is 23.8 Å². The summed E-state index contributed by atoms with van der Waals surface area (Å²) in [5.74, 6) is -0.572. The molecule has 0 saturated heterocycles. The normalized spacial score (nSPS) is 21.1. The van der Waals surface area contributed by atoms with Gasteiger partial charge in [-0.1, -0.05) is 6.07 Å². The van der Waals surface area contributed by atoms with E-state index in [0.717, 1.165) is 20.5 Å². The van der Waals surface area contributed by atoms with Gasteiger partial charge in [0.05, 0.1) is 6.61 Å². The summed E-state index contributed by atoms with van der Waals surface area (Å²) >= 11 is 5.10. The number of ketones is 1. The first kappa shape index (κ1) is 18.3. The number of fused-ring (bicyclic) bond motifs is 1. The number of hydrogen-bond acceptors (Lipinski definition) is 6. The van der Waals surface area contributed by atoms with Crippen LogP contribution in [0.5, 0.6) is 11.5 Å².